The number of nitro groups is 1. The Morgan fingerprint density at radius 2 is 2.00 bits per heavy atom. The van der Waals surface area contributed by atoms with E-state index in [1.54, 1.807) is 24.3 Å². The molecule has 2 aromatic carbocycles. The molecule has 0 heterocycles. The van der Waals surface area contributed by atoms with Crippen LogP contribution in [0.3, 0.4) is 0 Å². The first-order chi connectivity index (χ1) is 10.0. The highest BCUT2D eigenvalue weighted by atomic mass is 32.2. The van der Waals surface area contributed by atoms with Gasteiger partial charge in [-0.25, -0.2) is 4.79 Å². The summed E-state index contributed by atoms with van der Waals surface area (Å²) in [5, 5.41) is 29.0. The maximum Gasteiger partial charge on any atom is 0.335 e. The monoisotopic (exact) mass is 300 g/mol. The Bertz CT molecular complexity index is 768. The Morgan fingerprint density at radius 1 is 1.29 bits per heavy atom. The number of nitriles is 1. The van der Waals surface area contributed by atoms with Crippen LogP contribution in [0.5, 0.6) is 0 Å². The second-order valence-electron chi connectivity index (χ2n) is 3.96. The minimum absolute atomic E-state index is 0.0283. The lowest BCUT2D eigenvalue weighted by Crippen LogP contribution is -1.96. The molecule has 0 aliphatic rings. The van der Waals surface area contributed by atoms with Crippen molar-refractivity contribution in [1.29, 1.82) is 5.26 Å². The number of nitro benzene ring substituents is 1. The largest absolute Gasteiger partial charge is 0.478 e. The van der Waals surface area contributed by atoms with E-state index in [4.69, 9.17) is 10.4 Å². The van der Waals surface area contributed by atoms with E-state index in [2.05, 4.69) is 0 Å². The normalized spacial score (nSPS) is 9.86. The molecule has 0 unspecified atom stereocenters. The van der Waals surface area contributed by atoms with Crippen LogP contribution in [0, 0.1) is 21.4 Å². The molecule has 2 rings (SSSR count). The zero-order valence-corrected chi connectivity index (χ0v) is 11.3. The van der Waals surface area contributed by atoms with Crippen molar-refractivity contribution >= 4 is 23.4 Å². The van der Waals surface area contributed by atoms with Gasteiger partial charge in [0.2, 0.25) is 0 Å². The first kappa shape index (κ1) is 14.6. The van der Waals surface area contributed by atoms with Crippen molar-refractivity contribution in [3.8, 4) is 6.07 Å². The highest BCUT2D eigenvalue weighted by Gasteiger charge is 2.20. The van der Waals surface area contributed by atoms with Crippen LogP contribution in [0.4, 0.5) is 5.69 Å². The zero-order chi connectivity index (χ0) is 15.4. The third-order valence-corrected chi connectivity index (χ3v) is 3.65. The second-order valence-corrected chi connectivity index (χ2v) is 5.07. The van der Waals surface area contributed by atoms with Crippen molar-refractivity contribution < 1.29 is 14.8 Å². The molecule has 21 heavy (non-hydrogen) atoms. The number of benzene rings is 2. The molecule has 7 heteroatoms. The summed E-state index contributed by atoms with van der Waals surface area (Å²) in [6, 6.07) is 12.3. The predicted molar refractivity (Wildman–Crippen MR) is 75.3 cm³/mol. The molecule has 6 nitrogen and oxygen atoms in total. The Hall–Kier alpha value is -2.85. The SMILES string of the molecule is N#Cc1cccc(Sc2cccc(C(=O)O)c2)c1[N+](=O)[O-]. The van der Waals surface area contributed by atoms with Gasteiger partial charge in [0.15, 0.2) is 0 Å². The summed E-state index contributed by atoms with van der Waals surface area (Å²) < 4.78 is 0. The minimum atomic E-state index is -1.07. The van der Waals surface area contributed by atoms with Crippen molar-refractivity contribution in [2.45, 2.75) is 9.79 Å². The fourth-order valence-corrected chi connectivity index (χ4v) is 2.72. The quantitative estimate of drug-likeness (QED) is 0.686. The lowest BCUT2D eigenvalue weighted by Gasteiger charge is -2.05. The summed E-state index contributed by atoms with van der Waals surface area (Å²) in [4.78, 5) is 22.3. The van der Waals surface area contributed by atoms with Gasteiger partial charge in [-0.1, -0.05) is 23.9 Å². The molecule has 104 valence electrons. The molecule has 0 saturated heterocycles. The van der Waals surface area contributed by atoms with Crippen LogP contribution < -0.4 is 0 Å². The molecule has 1 N–H and O–H groups in total. The van der Waals surface area contributed by atoms with Crippen LogP contribution in [0.15, 0.2) is 52.3 Å². The van der Waals surface area contributed by atoms with Crippen LogP contribution in [0.1, 0.15) is 15.9 Å². The highest BCUT2D eigenvalue weighted by molar-refractivity contribution is 7.99. The van der Waals surface area contributed by atoms with Crippen LogP contribution in [-0.2, 0) is 0 Å². The number of carbonyl (C=O) groups is 1. The lowest BCUT2D eigenvalue weighted by atomic mass is 10.2. The van der Waals surface area contributed by atoms with E-state index in [0.717, 1.165) is 11.8 Å². The van der Waals surface area contributed by atoms with E-state index < -0.39 is 10.9 Å². The van der Waals surface area contributed by atoms with Crippen molar-refractivity contribution in [3.05, 3.63) is 63.7 Å². The second kappa shape index (κ2) is 6.07. The maximum absolute atomic E-state index is 11.1. The third-order valence-electron chi connectivity index (χ3n) is 2.61. The van der Waals surface area contributed by atoms with Gasteiger partial charge in [0.1, 0.15) is 11.6 Å². The first-order valence-corrected chi connectivity index (χ1v) is 6.53. The maximum atomic E-state index is 11.1. The van der Waals surface area contributed by atoms with E-state index in [0.29, 0.717) is 9.79 Å². The first-order valence-electron chi connectivity index (χ1n) is 5.71. The molecule has 2 aromatic rings. The molecule has 0 aliphatic carbocycles. The molecular formula is C14H8N2O4S. The van der Waals surface area contributed by atoms with Crippen molar-refractivity contribution in [2.24, 2.45) is 0 Å². The van der Waals surface area contributed by atoms with Crippen LogP contribution >= 0.6 is 11.8 Å². The fraction of sp³-hybridized carbons (Fsp3) is 0. The number of aromatic carboxylic acids is 1. The summed E-state index contributed by atoms with van der Waals surface area (Å²) in [5.74, 6) is -1.07. The Morgan fingerprint density at radius 3 is 2.62 bits per heavy atom. The number of carboxylic acids is 1. The van der Waals surface area contributed by atoms with Crippen LogP contribution in [0.2, 0.25) is 0 Å². The van der Waals surface area contributed by atoms with E-state index in [1.807, 2.05) is 0 Å². The topological polar surface area (TPSA) is 104 Å². The van der Waals surface area contributed by atoms with Gasteiger partial charge in [0, 0.05) is 4.90 Å². The summed E-state index contributed by atoms with van der Waals surface area (Å²) in [6.45, 7) is 0. The number of hydrogen-bond acceptors (Lipinski definition) is 5. The molecule has 0 aromatic heterocycles. The summed E-state index contributed by atoms with van der Waals surface area (Å²) >= 11 is 1.05. The fourth-order valence-electron chi connectivity index (χ4n) is 1.70. The Balaban J connectivity index is 2.45. The standard InChI is InChI=1S/C14H8N2O4S/c15-8-10-4-2-6-12(13(10)16(19)20)21-11-5-1-3-9(7-11)14(17)18/h1-7H,(H,17,18). The zero-order valence-electron chi connectivity index (χ0n) is 10.5. The number of hydrogen-bond donors (Lipinski definition) is 1. The molecule has 0 aliphatic heterocycles. The molecule has 0 saturated carbocycles. The van der Waals surface area contributed by atoms with E-state index >= 15 is 0 Å². The minimum Gasteiger partial charge on any atom is -0.478 e. The van der Waals surface area contributed by atoms with Gasteiger partial charge in [0.05, 0.1) is 15.4 Å². The average molecular weight is 300 g/mol. The van der Waals surface area contributed by atoms with Crippen LogP contribution in [0.25, 0.3) is 0 Å². The number of carboxylic acid groups (broad SMARTS) is 1. The molecule has 0 atom stereocenters. The van der Waals surface area contributed by atoms with E-state index in [9.17, 15) is 14.9 Å². The molecule has 0 bridgehead atoms. The molecule has 0 fully saturated rings. The third kappa shape index (κ3) is 3.19. The van der Waals surface area contributed by atoms with Crippen LogP contribution in [-0.4, -0.2) is 16.0 Å². The molecule has 0 spiro atoms. The average Bonchev–Trinajstić information content (AvgIpc) is 2.46. The van der Waals surface area contributed by atoms with Gasteiger partial charge in [-0.2, -0.15) is 5.26 Å². The van der Waals surface area contributed by atoms with Gasteiger partial charge in [-0.3, -0.25) is 10.1 Å². The van der Waals surface area contributed by atoms with Crippen molar-refractivity contribution in [3.63, 3.8) is 0 Å². The van der Waals surface area contributed by atoms with Gasteiger partial charge in [-0.15, -0.1) is 0 Å². The Kier molecular flexibility index (Phi) is 4.21. The molecular weight excluding hydrogens is 292 g/mol. The summed E-state index contributed by atoms with van der Waals surface area (Å²) in [6.07, 6.45) is 0. The number of para-hydroxylation sites is 1. The van der Waals surface area contributed by atoms with Crippen molar-refractivity contribution in [2.75, 3.05) is 0 Å². The molecule has 0 amide bonds. The summed E-state index contributed by atoms with van der Waals surface area (Å²) in [5.41, 5.74) is -0.204. The van der Waals surface area contributed by atoms with Gasteiger partial charge < -0.3 is 5.11 Å². The Labute approximate surface area is 123 Å². The lowest BCUT2D eigenvalue weighted by molar-refractivity contribution is -0.388. The van der Waals surface area contributed by atoms with Crippen molar-refractivity contribution in [1.82, 2.24) is 0 Å². The molecule has 0 radical (unpaired) electrons. The van der Waals surface area contributed by atoms with E-state index in [1.165, 1.54) is 24.3 Å². The van der Waals surface area contributed by atoms with E-state index in [-0.39, 0.29) is 16.8 Å². The van der Waals surface area contributed by atoms with Gasteiger partial charge in [0.25, 0.3) is 0 Å². The van der Waals surface area contributed by atoms with Gasteiger partial charge >= 0.3 is 11.7 Å². The predicted octanol–water partition coefficient (Wildman–Crippen LogP) is 3.32. The smallest absolute Gasteiger partial charge is 0.335 e. The summed E-state index contributed by atoms with van der Waals surface area (Å²) in [7, 11) is 0. The highest BCUT2D eigenvalue weighted by Crippen LogP contribution is 2.36. The number of rotatable bonds is 4. The number of nitrogens with zero attached hydrogens (tertiary/aromatic N) is 2. The van der Waals surface area contributed by atoms with Gasteiger partial charge in [-0.05, 0) is 30.3 Å².